The maximum atomic E-state index is 13.0. The lowest BCUT2D eigenvalue weighted by Gasteiger charge is -2.39. The Bertz CT molecular complexity index is 936. The Hall–Kier alpha value is -2.28. The molecule has 1 aliphatic heterocycles. The Kier molecular flexibility index (Phi) is 22.4. The van der Waals surface area contributed by atoms with Crippen molar-refractivity contribution >= 4 is 11.8 Å². The zero-order chi connectivity index (χ0) is 34.1. The zero-order valence-electron chi connectivity index (χ0n) is 28.5. The first-order valence-corrected chi connectivity index (χ1v) is 18.0. The lowest BCUT2D eigenvalue weighted by Crippen LogP contribution is -2.60. The Balaban J connectivity index is 1.68. The summed E-state index contributed by atoms with van der Waals surface area (Å²) in [6.45, 7) is 2.50. The molecule has 0 aromatic heterocycles. The third-order valence-electron chi connectivity index (χ3n) is 8.57. The van der Waals surface area contributed by atoms with Crippen LogP contribution in [0.15, 0.2) is 30.3 Å². The van der Waals surface area contributed by atoms with Crippen LogP contribution in [0.25, 0.3) is 0 Å². The average molecular weight is 667 g/mol. The topological polar surface area (TPSA) is 167 Å². The summed E-state index contributed by atoms with van der Waals surface area (Å²) in [5.41, 5.74) is 0. The van der Waals surface area contributed by atoms with E-state index < -0.39 is 49.3 Å². The number of ether oxygens (including phenoxy) is 3. The summed E-state index contributed by atoms with van der Waals surface area (Å²) >= 11 is 0. The minimum Gasteiger partial charge on any atom is -0.494 e. The highest BCUT2D eigenvalue weighted by Gasteiger charge is 2.44. The summed E-state index contributed by atoms with van der Waals surface area (Å²) in [5, 5.41) is 45.5. The standard InChI is InChI=1S/C36H62N2O9/c1-2-3-4-5-6-10-13-19-24-37-35(44)29(27-46-36-34(43)33(42)32(41)30(26-39)47-36)38-31(40)23-18-12-9-7-8-11-14-20-25-45-28-21-16-15-17-22-28/h15-17,21-22,29-30,32-34,36,39,41-43H,2-14,18-20,23-27H2,1H3,(H,37,44)(H,38,40)/t29-,30+,32-,33-,34+,36-/m0/s1. The second-order valence-electron chi connectivity index (χ2n) is 12.7. The van der Waals surface area contributed by atoms with E-state index in [9.17, 15) is 30.0 Å². The van der Waals surface area contributed by atoms with Gasteiger partial charge in [0.15, 0.2) is 6.29 Å². The maximum Gasteiger partial charge on any atom is 0.244 e. The summed E-state index contributed by atoms with van der Waals surface area (Å²) in [6, 6.07) is 8.80. The predicted molar refractivity (Wildman–Crippen MR) is 181 cm³/mol. The lowest BCUT2D eigenvalue weighted by atomic mass is 9.99. The third kappa shape index (κ3) is 17.6. The molecule has 6 N–H and O–H groups in total. The fraction of sp³-hybridized carbons (Fsp3) is 0.778. The van der Waals surface area contributed by atoms with Crippen LogP contribution in [0.5, 0.6) is 5.75 Å². The molecule has 0 aliphatic carbocycles. The molecule has 1 saturated heterocycles. The molecule has 2 rings (SSSR count). The number of carbonyl (C=O) groups excluding carboxylic acids is 2. The zero-order valence-corrected chi connectivity index (χ0v) is 28.5. The van der Waals surface area contributed by atoms with Gasteiger partial charge in [0.25, 0.3) is 0 Å². The second kappa shape index (κ2) is 25.7. The molecule has 1 aromatic rings. The van der Waals surface area contributed by atoms with E-state index in [1.807, 2.05) is 30.3 Å². The van der Waals surface area contributed by atoms with Gasteiger partial charge in [-0.25, -0.2) is 0 Å². The van der Waals surface area contributed by atoms with Gasteiger partial charge >= 0.3 is 0 Å². The highest BCUT2D eigenvalue weighted by molar-refractivity contribution is 5.87. The van der Waals surface area contributed by atoms with Gasteiger partial charge in [-0.05, 0) is 31.4 Å². The van der Waals surface area contributed by atoms with E-state index in [-0.39, 0.29) is 18.9 Å². The monoisotopic (exact) mass is 666 g/mol. The van der Waals surface area contributed by atoms with E-state index >= 15 is 0 Å². The molecular formula is C36H62N2O9. The molecule has 1 aromatic carbocycles. The van der Waals surface area contributed by atoms with Crippen molar-refractivity contribution in [2.45, 2.75) is 153 Å². The number of benzene rings is 1. The maximum absolute atomic E-state index is 13.0. The fourth-order valence-electron chi connectivity index (χ4n) is 5.59. The molecule has 0 bridgehead atoms. The lowest BCUT2D eigenvalue weighted by molar-refractivity contribution is -0.301. The average Bonchev–Trinajstić information content (AvgIpc) is 3.08. The Morgan fingerprint density at radius 2 is 1.38 bits per heavy atom. The molecule has 0 spiro atoms. The number of aliphatic hydroxyl groups excluding tert-OH is 4. The van der Waals surface area contributed by atoms with E-state index in [2.05, 4.69) is 17.6 Å². The number of carbonyl (C=O) groups is 2. The Morgan fingerprint density at radius 1 is 0.787 bits per heavy atom. The molecule has 2 amide bonds. The first kappa shape index (κ1) is 40.9. The molecular weight excluding hydrogens is 604 g/mol. The van der Waals surface area contributed by atoms with Crippen molar-refractivity contribution in [3.05, 3.63) is 30.3 Å². The minimum absolute atomic E-state index is 0.270. The smallest absolute Gasteiger partial charge is 0.244 e. The van der Waals surface area contributed by atoms with Crippen LogP contribution < -0.4 is 15.4 Å². The number of hydrogen-bond donors (Lipinski definition) is 6. The number of aliphatic hydroxyl groups is 4. The van der Waals surface area contributed by atoms with Crippen molar-refractivity contribution in [1.29, 1.82) is 0 Å². The van der Waals surface area contributed by atoms with Crippen molar-refractivity contribution < 1.29 is 44.2 Å². The summed E-state index contributed by atoms with van der Waals surface area (Å²) in [7, 11) is 0. The first-order valence-electron chi connectivity index (χ1n) is 18.0. The van der Waals surface area contributed by atoms with Crippen molar-refractivity contribution in [2.24, 2.45) is 0 Å². The molecule has 11 heteroatoms. The minimum atomic E-state index is -1.59. The van der Waals surface area contributed by atoms with Crippen LogP contribution in [0.3, 0.4) is 0 Å². The Labute approximate surface area is 281 Å². The molecule has 47 heavy (non-hydrogen) atoms. The quantitative estimate of drug-likeness (QED) is 0.0757. The SMILES string of the molecule is CCCCCCCCCCNC(=O)[C@H](CO[C@H]1O[C@H](CO)[C@H](O)[C@H](O)[C@H]1O)NC(=O)CCCCCCCCCCOc1ccccc1. The molecule has 0 unspecified atom stereocenters. The van der Waals surface area contributed by atoms with E-state index in [4.69, 9.17) is 14.2 Å². The highest BCUT2D eigenvalue weighted by Crippen LogP contribution is 2.22. The highest BCUT2D eigenvalue weighted by atomic mass is 16.7. The second-order valence-corrected chi connectivity index (χ2v) is 12.7. The van der Waals surface area contributed by atoms with Crippen molar-refractivity contribution in [3.8, 4) is 5.75 Å². The van der Waals surface area contributed by atoms with Gasteiger partial charge in [0.2, 0.25) is 11.8 Å². The number of hydrogen-bond acceptors (Lipinski definition) is 9. The number of rotatable bonds is 27. The summed E-state index contributed by atoms with van der Waals surface area (Å²) < 4.78 is 16.7. The molecule has 0 saturated carbocycles. The summed E-state index contributed by atoms with van der Waals surface area (Å²) in [4.78, 5) is 25.8. The van der Waals surface area contributed by atoms with Crippen LogP contribution in [-0.2, 0) is 19.1 Å². The van der Waals surface area contributed by atoms with Gasteiger partial charge in [-0.3, -0.25) is 9.59 Å². The van der Waals surface area contributed by atoms with Gasteiger partial charge in [0, 0.05) is 13.0 Å². The number of para-hydroxylation sites is 1. The van der Waals surface area contributed by atoms with Gasteiger partial charge in [0.05, 0.1) is 19.8 Å². The van der Waals surface area contributed by atoms with Crippen LogP contribution >= 0.6 is 0 Å². The molecule has 0 radical (unpaired) electrons. The van der Waals surface area contributed by atoms with Crippen LogP contribution in [0.1, 0.15) is 116 Å². The van der Waals surface area contributed by atoms with Gasteiger partial charge in [-0.1, -0.05) is 109 Å². The van der Waals surface area contributed by atoms with Gasteiger partial charge < -0.3 is 45.3 Å². The van der Waals surface area contributed by atoms with Crippen molar-refractivity contribution in [3.63, 3.8) is 0 Å². The van der Waals surface area contributed by atoms with E-state index in [0.29, 0.717) is 13.0 Å². The number of nitrogens with one attached hydrogen (secondary N) is 2. The number of unbranched alkanes of at least 4 members (excludes halogenated alkanes) is 14. The van der Waals surface area contributed by atoms with Gasteiger partial charge in [-0.15, -0.1) is 0 Å². The van der Waals surface area contributed by atoms with Crippen LogP contribution in [0, 0.1) is 0 Å². The van der Waals surface area contributed by atoms with Crippen LogP contribution in [0.4, 0.5) is 0 Å². The summed E-state index contributed by atoms with van der Waals surface area (Å²) in [6.07, 6.45) is 10.4. The van der Waals surface area contributed by atoms with Gasteiger partial charge in [0.1, 0.15) is 36.2 Å². The third-order valence-corrected chi connectivity index (χ3v) is 8.57. The molecule has 1 aliphatic rings. The first-order chi connectivity index (χ1) is 22.9. The van der Waals surface area contributed by atoms with Crippen LogP contribution in [-0.4, -0.2) is 95.4 Å². The van der Waals surface area contributed by atoms with E-state index in [1.165, 1.54) is 32.1 Å². The molecule has 1 heterocycles. The number of amides is 2. The van der Waals surface area contributed by atoms with Gasteiger partial charge in [-0.2, -0.15) is 0 Å². The molecule has 6 atom stereocenters. The van der Waals surface area contributed by atoms with Crippen molar-refractivity contribution in [2.75, 3.05) is 26.4 Å². The summed E-state index contributed by atoms with van der Waals surface area (Å²) in [5.74, 6) is 0.233. The normalized spacial score (nSPS) is 21.7. The molecule has 1 fully saturated rings. The molecule has 270 valence electrons. The Morgan fingerprint density at radius 3 is 2.02 bits per heavy atom. The largest absolute Gasteiger partial charge is 0.494 e. The predicted octanol–water partition coefficient (Wildman–Crippen LogP) is 4.13. The van der Waals surface area contributed by atoms with Crippen LogP contribution in [0.2, 0.25) is 0 Å². The van der Waals surface area contributed by atoms with E-state index in [1.54, 1.807) is 0 Å². The van der Waals surface area contributed by atoms with E-state index in [0.717, 1.165) is 76.6 Å². The molecule has 11 nitrogen and oxygen atoms in total. The fourth-order valence-corrected chi connectivity index (χ4v) is 5.59. The van der Waals surface area contributed by atoms with Crippen molar-refractivity contribution in [1.82, 2.24) is 10.6 Å².